The van der Waals surface area contributed by atoms with Crippen molar-refractivity contribution in [2.24, 2.45) is 10.9 Å². The second kappa shape index (κ2) is 10.5. The predicted octanol–water partition coefficient (Wildman–Crippen LogP) is 5.94. The van der Waals surface area contributed by atoms with Crippen molar-refractivity contribution in [3.63, 3.8) is 0 Å². The first-order chi connectivity index (χ1) is 19.5. The summed E-state index contributed by atoms with van der Waals surface area (Å²) in [6.07, 6.45) is 12.3. The number of nitrogens with one attached hydrogen (secondary N) is 1. The van der Waals surface area contributed by atoms with E-state index in [4.69, 9.17) is 15.0 Å². The summed E-state index contributed by atoms with van der Waals surface area (Å²) in [6.45, 7) is 3.07. The van der Waals surface area contributed by atoms with Gasteiger partial charge in [-0.05, 0) is 68.7 Å². The Morgan fingerprint density at radius 2 is 1.75 bits per heavy atom. The summed E-state index contributed by atoms with van der Waals surface area (Å²) in [4.78, 5) is 24.2. The summed E-state index contributed by atoms with van der Waals surface area (Å²) in [5, 5.41) is 2.80. The monoisotopic (exact) mass is 543 g/mol. The second-order valence-corrected chi connectivity index (χ2v) is 11.7. The van der Waals surface area contributed by atoms with Crippen LogP contribution in [0.4, 0.5) is 26.1 Å². The highest BCUT2D eigenvalue weighted by Crippen LogP contribution is 2.47. The Hall–Kier alpha value is -3.46. The molecule has 2 saturated carbocycles. The Labute approximate surface area is 233 Å². The maximum atomic E-state index is 14.3. The van der Waals surface area contributed by atoms with Crippen molar-refractivity contribution in [2.75, 3.05) is 36.9 Å². The number of benzene rings is 1. The highest BCUT2D eigenvalue weighted by Gasteiger charge is 2.39. The lowest BCUT2D eigenvalue weighted by molar-refractivity contribution is 0.0974. The predicted molar refractivity (Wildman–Crippen MR) is 153 cm³/mol. The Balaban J connectivity index is 1.22. The van der Waals surface area contributed by atoms with Crippen LogP contribution < -0.4 is 10.2 Å². The lowest BCUT2D eigenvalue weighted by atomic mass is 9.88. The second-order valence-electron chi connectivity index (χ2n) is 11.7. The van der Waals surface area contributed by atoms with Gasteiger partial charge in [-0.25, -0.2) is 23.7 Å². The number of pyridine rings is 1. The van der Waals surface area contributed by atoms with Crippen molar-refractivity contribution in [1.82, 2.24) is 19.9 Å². The Morgan fingerprint density at radius 1 is 0.975 bits per heavy atom. The molecule has 7 nitrogen and oxygen atoms in total. The molecule has 208 valence electrons. The smallest absolute Gasteiger partial charge is 0.162 e. The molecule has 1 N–H and O–H groups in total. The first-order valence-corrected chi connectivity index (χ1v) is 14.6. The van der Waals surface area contributed by atoms with E-state index in [1.165, 1.54) is 55.9 Å². The number of aromatic nitrogens is 3. The molecule has 1 saturated heterocycles. The molecule has 7 rings (SSSR count). The molecule has 2 aliphatic carbocycles. The van der Waals surface area contributed by atoms with Gasteiger partial charge in [-0.2, -0.15) is 0 Å². The van der Waals surface area contributed by atoms with Gasteiger partial charge < -0.3 is 15.1 Å². The molecule has 40 heavy (non-hydrogen) atoms. The van der Waals surface area contributed by atoms with Crippen molar-refractivity contribution in [3.05, 3.63) is 59.4 Å². The molecule has 2 aromatic heterocycles. The molecule has 0 spiro atoms. The van der Waals surface area contributed by atoms with Gasteiger partial charge in [0.1, 0.15) is 29.0 Å². The normalized spacial score (nSPS) is 21.6. The number of para-hydroxylation sites is 1. The molecule has 0 amide bonds. The molecule has 0 bridgehead atoms. The minimum Gasteiger partial charge on any atom is -0.356 e. The SMILES string of the molecule is CN(c1nc(-c2ccnc(Nc3c(F)cccc3F)c2)nc2c1C(C1CC1)CN=C2)C1CCN(C2CCC2)CC1. The Morgan fingerprint density at radius 3 is 2.45 bits per heavy atom. The van der Waals surface area contributed by atoms with Crippen LogP contribution in [-0.2, 0) is 0 Å². The number of piperidine rings is 1. The first kappa shape index (κ1) is 25.5. The van der Waals surface area contributed by atoms with Gasteiger partial charge in [0.15, 0.2) is 5.82 Å². The van der Waals surface area contributed by atoms with Crippen molar-refractivity contribution >= 4 is 23.5 Å². The average molecular weight is 544 g/mol. The van der Waals surface area contributed by atoms with Crippen molar-refractivity contribution in [3.8, 4) is 11.4 Å². The highest BCUT2D eigenvalue weighted by atomic mass is 19.1. The van der Waals surface area contributed by atoms with E-state index in [-0.39, 0.29) is 5.69 Å². The molecule has 2 aliphatic heterocycles. The van der Waals surface area contributed by atoms with Crippen LogP contribution in [0.25, 0.3) is 11.4 Å². The minimum absolute atomic E-state index is 0.230. The number of aliphatic imine (C=N–C) groups is 1. The van der Waals surface area contributed by atoms with E-state index in [1.54, 1.807) is 12.3 Å². The third-order valence-corrected chi connectivity index (χ3v) is 9.24. The van der Waals surface area contributed by atoms with E-state index < -0.39 is 11.6 Å². The van der Waals surface area contributed by atoms with Gasteiger partial charge in [0.25, 0.3) is 0 Å². The van der Waals surface area contributed by atoms with Crippen LogP contribution in [0, 0.1) is 17.6 Å². The molecule has 1 atom stereocenters. The number of likely N-dealkylation sites (tertiary alicyclic amines) is 1. The van der Waals surface area contributed by atoms with Crippen LogP contribution in [0.5, 0.6) is 0 Å². The fourth-order valence-corrected chi connectivity index (χ4v) is 6.50. The number of fused-ring (bicyclic) bond motifs is 1. The van der Waals surface area contributed by atoms with Crippen LogP contribution in [0.15, 0.2) is 41.5 Å². The molecule has 1 aromatic carbocycles. The number of rotatable bonds is 7. The zero-order valence-corrected chi connectivity index (χ0v) is 22.9. The van der Waals surface area contributed by atoms with E-state index in [0.717, 1.165) is 55.6 Å². The molecule has 4 heterocycles. The van der Waals surface area contributed by atoms with Gasteiger partial charge >= 0.3 is 0 Å². The standard InChI is InChI=1S/C31H35F2N7/c1-39(21-11-14-40(15-12-21)22-4-2-5-22)31-28-23(19-8-9-19)17-34-18-26(28)36-30(38-31)20-10-13-35-27(16-20)37-29-24(32)6-3-7-25(29)33/h3,6-7,10,13,16,18-19,21-23H,2,4-5,8-9,11-12,14-15,17H2,1H3,(H,35,37). The molecule has 3 fully saturated rings. The quantitative estimate of drug-likeness (QED) is 0.398. The first-order valence-electron chi connectivity index (χ1n) is 14.6. The number of nitrogens with zero attached hydrogens (tertiary/aromatic N) is 6. The molecular weight excluding hydrogens is 508 g/mol. The van der Waals surface area contributed by atoms with E-state index in [2.05, 4.69) is 27.1 Å². The third kappa shape index (κ3) is 4.85. The number of halogens is 2. The maximum Gasteiger partial charge on any atom is 0.162 e. The third-order valence-electron chi connectivity index (χ3n) is 9.24. The largest absolute Gasteiger partial charge is 0.356 e. The summed E-state index contributed by atoms with van der Waals surface area (Å²) in [7, 11) is 2.19. The van der Waals surface area contributed by atoms with Crippen molar-refractivity contribution in [1.29, 1.82) is 0 Å². The summed E-state index contributed by atoms with van der Waals surface area (Å²) >= 11 is 0. The lowest BCUT2D eigenvalue weighted by Crippen LogP contribution is -2.49. The topological polar surface area (TPSA) is 69.5 Å². The fourth-order valence-electron chi connectivity index (χ4n) is 6.50. The minimum atomic E-state index is -0.674. The fraction of sp³-hybridized carbons (Fsp3) is 0.484. The van der Waals surface area contributed by atoms with E-state index in [0.29, 0.717) is 29.5 Å². The van der Waals surface area contributed by atoms with E-state index >= 15 is 0 Å². The average Bonchev–Trinajstić information content (AvgIpc) is 3.79. The van der Waals surface area contributed by atoms with Crippen molar-refractivity contribution < 1.29 is 8.78 Å². The van der Waals surface area contributed by atoms with Crippen LogP contribution in [0.3, 0.4) is 0 Å². The molecule has 4 aliphatic rings. The number of hydrogen-bond donors (Lipinski definition) is 1. The van der Waals surface area contributed by atoms with Gasteiger partial charge in [-0.3, -0.25) is 4.99 Å². The Bertz CT molecular complexity index is 1410. The summed E-state index contributed by atoms with van der Waals surface area (Å²) in [5.74, 6) is 1.53. The van der Waals surface area contributed by atoms with Crippen LogP contribution in [-0.4, -0.2) is 64.8 Å². The molecule has 0 radical (unpaired) electrons. The molecular formula is C31H35F2N7. The van der Waals surface area contributed by atoms with Crippen LogP contribution in [0.1, 0.15) is 62.1 Å². The van der Waals surface area contributed by atoms with Gasteiger partial charge in [-0.15, -0.1) is 0 Å². The number of anilines is 3. The highest BCUT2D eigenvalue weighted by molar-refractivity contribution is 5.85. The summed E-state index contributed by atoms with van der Waals surface area (Å²) in [5.41, 5.74) is 2.61. The zero-order valence-electron chi connectivity index (χ0n) is 22.9. The molecule has 3 aromatic rings. The van der Waals surface area contributed by atoms with E-state index in [1.807, 2.05) is 12.3 Å². The van der Waals surface area contributed by atoms with Gasteiger partial charge in [0.05, 0.1) is 5.69 Å². The van der Waals surface area contributed by atoms with E-state index in [9.17, 15) is 8.78 Å². The Kier molecular flexibility index (Phi) is 6.70. The summed E-state index contributed by atoms with van der Waals surface area (Å²) in [6, 6.07) is 8.56. The van der Waals surface area contributed by atoms with Crippen molar-refractivity contribution in [2.45, 2.75) is 62.9 Å². The molecule has 1 unspecified atom stereocenters. The number of hydrogen-bond acceptors (Lipinski definition) is 7. The molecule has 9 heteroatoms. The summed E-state index contributed by atoms with van der Waals surface area (Å²) < 4.78 is 28.6. The zero-order chi connectivity index (χ0) is 27.2. The van der Waals surface area contributed by atoms with Crippen LogP contribution in [0.2, 0.25) is 0 Å². The maximum absolute atomic E-state index is 14.3. The lowest BCUT2D eigenvalue weighted by Gasteiger charge is -2.44. The van der Waals surface area contributed by atoms with Crippen LogP contribution >= 0.6 is 0 Å². The van der Waals surface area contributed by atoms with Gasteiger partial charge in [0, 0.05) is 68.2 Å². The van der Waals surface area contributed by atoms with Gasteiger partial charge in [-0.1, -0.05) is 12.5 Å². The van der Waals surface area contributed by atoms with Gasteiger partial charge in [0.2, 0.25) is 0 Å².